The van der Waals surface area contributed by atoms with Gasteiger partial charge < -0.3 is 4.74 Å². The van der Waals surface area contributed by atoms with Gasteiger partial charge in [-0.15, -0.1) is 0 Å². The fourth-order valence-corrected chi connectivity index (χ4v) is 2.44. The van der Waals surface area contributed by atoms with Crippen molar-refractivity contribution in [3.8, 4) is 11.4 Å². The largest absolute Gasteiger partial charge is 0.350 e. The van der Waals surface area contributed by atoms with Crippen LogP contribution in [0.4, 0.5) is 11.5 Å². The van der Waals surface area contributed by atoms with Crippen LogP contribution >= 0.6 is 0 Å². The van der Waals surface area contributed by atoms with Gasteiger partial charge in [-0.2, -0.15) is 0 Å². The summed E-state index contributed by atoms with van der Waals surface area (Å²) >= 11 is 0. The molecule has 8 nitrogen and oxygen atoms in total. The number of aromatic nitrogens is 2. The number of ether oxygens (including phenoxy) is 1. The highest BCUT2D eigenvalue weighted by Gasteiger charge is 2.15. The van der Waals surface area contributed by atoms with Gasteiger partial charge in [-0.05, 0) is 19.8 Å². The molecule has 0 aliphatic carbocycles. The van der Waals surface area contributed by atoms with Gasteiger partial charge in [0.15, 0.2) is 17.9 Å². The predicted molar refractivity (Wildman–Crippen MR) is 87.2 cm³/mol. The maximum atomic E-state index is 10.9. The van der Waals surface area contributed by atoms with E-state index in [0.717, 1.165) is 25.0 Å². The lowest BCUT2D eigenvalue weighted by Gasteiger charge is -2.22. The predicted octanol–water partition coefficient (Wildman–Crippen LogP) is 3.23. The van der Waals surface area contributed by atoms with Crippen LogP contribution in [0.25, 0.3) is 11.4 Å². The molecule has 0 saturated carbocycles. The van der Waals surface area contributed by atoms with Crippen molar-refractivity contribution in [1.82, 2.24) is 9.97 Å². The number of nitrogens with zero attached hydrogens (tertiary/aromatic N) is 3. The van der Waals surface area contributed by atoms with Gasteiger partial charge >= 0.3 is 0 Å². The van der Waals surface area contributed by atoms with Crippen molar-refractivity contribution in [2.75, 3.05) is 12.1 Å². The molecule has 0 amide bonds. The Kier molecular flexibility index (Phi) is 4.97. The summed E-state index contributed by atoms with van der Waals surface area (Å²) in [6, 6.07) is 7.96. The van der Waals surface area contributed by atoms with Crippen LogP contribution in [0.2, 0.25) is 0 Å². The third-order valence-electron chi connectivity index (χ3n) is 3.60. The molecule has 0 radical (unpaired) electrons. The molecule has 1 saturated heterocycles. The quantitative estimate of drug-likeness (QED) is 0.663. The number of aryl methyl sites for hydroxylation is 1. The molecule has 1 aromatic heterocycles. The van der Waals surface area contributed by atoms with E-state index < -0.39 is 4.92 Å². The minimum absolute atomic E-state index is 0.000953. The SMILES string of the molecule is Cc1cc(NOC2CCCCO2)nc(-c2cccc([N+](=O)[O-])c2)n1. The highest BCUT2D eigenvalue weighted by molar-refractivity contribution is 5.60. The minimum atomic E-state index is -0.442. The van der Waals surface area contributed by atoms with Crippen molar-refractivity contribution in [1.29, 1.82) is 0 Å². The molecular weight excluding hydrogens is 312 g/mol. The van der Waals surface area contributed by atoms with Crippen LogP contribution in [0.5, 0.6) is 0 Å². The first-order chi connectivity index (χ1) is 11.6. The van der Waals surface area contributed by atoms with E-state index in [1.54, 1.807) is 18.2 Å². The van der Waals surface area contributed by atoms with Crippen LogP contribution < -0.4 is 5.48 Å². The molecule has 24 heavy (non-hydrogen) atoms. The smallest absolute Gasteiger partial charge is 0.270 e. The van der Waals surface area contributed by atoms with Crippen molar-refractivity contribution < 1.29 is 14.5 Å². The second-order valence-electron chi connectivity index (χ2n) is 5.54. The Balaban J connectivity index is 1.78. The molecule has 1 fully saturated rings. The molecule has 2 aromatic rings. The molecular formula is C16H18N4O4. The Morgan fingerprint density at radius 1 is 1.33 bits per heavy atom. The molecule has 1 atom stereocenters. The van der Waals surface area contributed by atoms with Crippen LogP contribution in [0.1, 0.15) is 25.0 Å². The average Bonchev–Trinajstić information content (AvgIpc) is 2.60. The van der Waals surface area contributed by atoms with Crippen LogP contribution in [0.3, 0.4) is 0 Å². The number of rotatable bonds is 5. The summed E-state index contributed by atoms with van der Waals surface area (Å²) in [4.78, 5) is 24.7. The number of benzene rings is 1. The molecule has 1 aromatic carbocycles. The molecule has 1 aliphatic rings. The maximum Gasteiger partial charge on any atom is 0.270 e. The third-order valence-corrected chi connectivity index (χ3v) is 3.60. The lowest BCUT2D eigenvalue weighted by molar-refractivity contribution is -0.384. The third kappa shape index (κ3) is 4.03. The van der Waals surface area contributed by atoms with E-state index in [4.69, 9.17) is 9.57 Å². The lowest BCUT2D eigenvalue weighted by atomic mass is 10.2. The van der Waals surface area contributed by atoms with E-state index in [9.17, 15) is 10.1 Å². The second kappa shape index (κ2) is 7.33. The number of nitrogens with one attached hydrogen (secondary N) is 1. The number of nitro benzene ring substituents is 1. The number of nitro groups is 1. The van der Waals surface area contributed by atoms with Crippen molar-refractivity contribution in [3.63, 3.8) is 0 Å². The Morgan fingerprint density at radius 3 is 2.96 bits per heavy atom. The van der Waals surface area contributed by atoms with Gasteiger partial charge in [-0.1, -0.05) is 12.1 Å². The van der Waals surface area contributed by atoms with Gasteiger partial charge in [0.2, 0.25) is 0 Å². The number of anilines is 1. The molecule has 0 spiro atoms. The highest BCUT2D eigenvalue weighted by Crippen LogP contribution is 2.23. The fraction of sp³-hybridized carbons (Fsp3) is 0.375. The average molecular weight is 330 g/mol. The van der Waals surface area contributed by atoms with Crippen LogP contribution in [0, 0.1) is 17.0 Å². The Labute approximate surface area is 138 Å². The van der Waals surface area contributed by atoms with E-state index in [1.165, 1.54) is 12.1 Å². The lowest BCUT2D eigenvalue weighted by Crippen LogP contribution is -2.25. The monoisotopic (exact) mass is 330 g/mol. The Bertz CT molecular complexity index is 732. The zero-order valence-corrected chi connectivity index (χ0v) is 13.3. The molecule has 3 rings (SSSR count). The molecule has 1 unspecified atom stereocenters. The molecule has 0 bridgehead atoms. The summed E-state index contributed by atoms with van der Waals surface area (Å²) in [5, 5.41) is 10.9. The summed E-state index contributed by atoms with van der Waals surface area (Å²) in [7, 11) is 0. The number of hydrogen-bond acceptors (Lipinski definition) is 7. The fourth-order valence-electron chi connectivity index (χ4n) is 2.44. The van der Waals surface area contributed by atoms with Gasteiger partial charge in [0.05, 0.1) is 4.92 Å². The van der Waals surface area contributed by atoms with Gasteiger partial charge in [0.25, 0.3) is 5.69 Å². The van der Waals surface area contributed by atoms with Crippen LogP contribution in [-0.4, -0.2) is 27.8 Å². The number of hydrogen-bond donors (Lipinski definition) is 1. The van der Waals surface area contributed by atoms with Gasteiger partial charge in [0, 0.05) is 42.5 Å². The standard InChI is InChI=1S/C16H18N4O4/c1-11-9-14(19-24-15-7-2-3-8-23-15)18-16(17-11)12-5-4-6-13(10-12)20(21)22/h4-6,9-10,15H,2-3,7-8H2,1H3,(H,17,18,19). The van der Waals surface area contributed by atoms with Gasteiger partial charge in [-0.3, -0.25) is 10.1 Å². The molecule has 2 heterocycles. The van der Waals surface area contributed by atoms with Crippen molar-refractivity contribution in [2.45, 2.75) is 32.5 Å². The van der Waals surface area contributed by atoms with Crippen LogP contribution in [-0.2, 0) is 9.57 Å². The van der Waals surface area contributed by atoms with E-state index in [2.05, 4.69) is 15.4 Å². The summed E-state index contributed by atoms with van der Waals surface area (Å²) in [6.45, 7) is 2.51. The van der Waals surface area contributed by atoms with E-state index in [-0.39, 0.29) is 12.0 Å². The van der Waals surface area contributed by atoms with E-state index >= 15 is 0 Å². The van der Waals surface area contributed by atoms with Crippen LogP contribution in [0.15, 0.2) is 30.3 Å². The van der Waals surface area contributed by atoms with Gasteiger partial charge in [-0.25, -0.2) is 20.3 Å². The second-order valence-corrected chi connectivity index (χ2v) is 5.54. The van der Waals surface area contributed by atoms with Crippen molar-refractivity contribution in [3.05, 3.63) is 46.1 Å². The van der Waals surface area contributed by atoms with E-state index in [0.29, 0.717) is 23.8 Å². The molecule has 126 valence electrons. The minimum Gasteiger partial charge on any atom is -0.350 e. The zero-order chi connectivity index (χ0) is 16.9. The van der Waals surface area contributed by atoms with E-state index in [1.807, 2.05) is 6.92 Å². The summed E-state index contributed by atoms with van der Waals surface area (Å²) in [5.41, 5.74) is 4.09. The molecule has 1 N–H and O–H groups in total. The Morgan fingerprint density at radius 2 is 2.21 bits per heavy atom. The normalized spacial score (nSPS) is 17.5. The zero-order valence-electron chi connectivity index (χ0n) is 13.3. The molecule has 8 heteroatoms. The maximum absolute atomic E-state index is 10.9. The highest BCUT2D eigenvalue weighted by atomic mass is 16.8. The Hall–Kier alpha value is -2.58. The topological polar surface area (TPSA) is 99.4 Å². The summed E-state index contributed by atoms with van der Waals surface area (Å²) < 4.78 is 5.48. The molecule has 1 aliphatic heterocycles. The number of non-ortho nitro benzene ring substituents is 1. The van der Waals surface area contributed by atoms with Crippen molar-refractivity contribution in [2.24, 2.45) is 0 Å². The first kappa shape index (κ1) is 16.3. The first-order valence-corrected chi connectivity index (χ1v) is 7.75. The summed E-state index contributed by atoms with van der Waals surface area (Å²) in [6.07, 6.45) is 2.64. The van der Waals surface area contributed by atoms with Crippen molar-refractivity contribution >= 4 is 11.5 Å². The first-order valence-electron chi connectivity index (χ1n) is 7.75. The summed E-state index contributed by atoms with van der Waals surface area (Å²) in [5.74, 6) is 0.882. The van der Waals surface area contributed by atoms with Gasteiger partial charge in [0.1, 0.15) is 0 Å².